The lowest BCUT2D eigenvalue weighted by Gasteiger charge is -2.22. The molecule has 0 amide bonds. The molecule has 0 aromatic heterocycles. The molecular weight excluding hydrogens is 272 g/mol. The fourth-order valence-electron chi connectivity index (χ4n) is 2.13. The Bertz CT molecular complexity index is 483. The molecular formula is C15H24N2O4. The third kappa shape index (κ3) is 6.55. The van der Waals surface area contributed by atoms with Gasteiger partial charge in [-0.3, -0.25) is 10.1 Å². The van der Waals surface area contributed by atoms with Crippen LogP contribution in [-0.4, -0.2) is 29.8 Å². The van der Waals surface area contributed by atoms with Crippen LogP contribution in [-0.2, 0) is 6.54 Å². The van der Waals surface area contributed by atoms with E-state index in [1.54, 1.807) is 6.07 Å². The van der Waals surface area contributed by atoms with E-state index in [0.29, 0.717) is 25.3 Å². The van der Waals surface area contributed by atoms with E-state index in [1.165, 1.54) is 19.2 Å². The number of nitrogens with one attached hydrogen (secondary N) is 1. The smallest absolute Gasteiger partial charge is 0.273 e. The van der Waals surface area contributed by atoms with Gasteiger partial charge in [-0.05, 0) is 23.5 Å². The van der Waals surface area contributed by atoms with Gasteiger partial charge in [-0.15, -0.1) is 0 Å². The normalized spacial score (nSPS) is 13.0. The zero-order valence-corrected chi connectivity index (χ0v) is 13.0. The van der Waals surface area contributed by atoms with Gasteiger partial charge in [0, 0.05) is 19.2 Å². The minimum absolute atomic E-state index is 0.00129. The number of ether oxygens (including phenoxy) is 1. The summed E-state index contributed by atoms with van der Waals surface area (Å²) in [6.07, 6.45) is 0.253. The molecule has 0 heterocycles. The van der Waals surface area contributed by atoms with Crippen molar-refractivity contribution >= 4 is 5.69 Å². The SMILES string of the molecule is COc1cc(CNCC(O)CC(C)(C)C)cc([N+](=O)[O-])c1. The Hall–Kier alpha value is -1.66. The van der Waals surface area contributed by atoms with Crippen LogP contribution in [0.3, 0.4) is 0 Å². The van der Waals surface area contributed by atoms with Crippen LogP contribution in [0, 0.1) is 15.5 Å². The highest BCUT2D eigenvalue weighted by Gasteiger charge is 2.16. The molecule has 1 atom stereocenters. The second-order valence-corrected chi connectivity index (χ2v) is 6.35. The summed E-state index contributed by atoms with van der Waals surface area (Å²) in [6.45, 7) is 7.10. The molecule has 0 aliphatic carbocycles. The molecule has 0 aliphatic heterocycles. The highest BCUT2D eigenvalue weighted by atomic mass is 16.6. The minimum Gasteiger partial charge on any atom is -0.496 e. The third-order valence-corrected chi connectivity index (χ3v) is 2.95. The molecule has 0 saturated carbocycles. The molecule has 0 bridgehead atoms. The van der Waals surface area contributed by atoms with Crippen LogP contribution < -0.4 is 10.1 Å². The van der Waals surface area contributed by atoms with E-state index in [1.807, 2.05) is 0 Å². The average molecular weight is 296 g/mol. The summed E-state index contributed by atoms with van der Waals surface area (Å²) in [7, 11) is 1.48. The third-order valence-electron chi connectivity index (χ3n) is 2.95. The number of aliphatic hydroxyl groups is 1. The van der Waals surface area contributed by atoms with E-state index in [0.717, 1.165) is 5.56 Å². The molecule has 1 aromatic rings. The number of non-ortho nitro benzene ring substituents is 1. The number of hydrogen-bond acceptors (Lipinski definition) is 5. The maximum absolute atomic E-state index is 10.8. The number of nitro benzene ring substituents is 1. The molecule has 1 aromatic carbocycles. The lowest BCUT2D eigenvalue weighted by atomic mass is 9.89. The van der Waals surface area contributed by atoms with Crippen LogP contribution in [0.1, 0.15) is 32.8 Å². The van der Waals surface area contributed by atoms with E-state index in [-0.39, 0.29) is 11.1 Å². The Morgan fingerprint density at radius 2 is 2.05 bits per heavy atom. The number of methoxy groups -OCH3 is 1. The van der Waals surface area contributed by atoms with Crippen LogP contribution >= 0.6 is 0 Å². The molecule has 0 spiro atoms. The Balaban J connectivity index is 2.59. The van der Waals surface area contributed by atoms with Gasteiger partial charge in [0.15, 0.2) is 0 Å². The van der Waals surface area contributed by atoms with Crippen LogP contribution in [0.2, 0.25) is 0 Å². The first-order valence-corrected chi connectivity index (χ1v) is 6.92. The van der Waals surface area contributed by atoms with Crippen molar-refractivity contribution in [3.63, 3.8) is 0 Å². The lowest BCUT2D eigenvalue weighted by Crippen LogP contribution is -2.29. The van der Waals surface area contributed by atoms with Crippen LogP contribution in [0.5, 0.6) is 5.75 Å². The maximum Gasteiger partial charge on any atom is 0.273 e. The molecule has 0 radical (unpaired) electrons. The number of nitrogens with zero attached hydrogens (tertiary/aromatic N) is 1. The largest absolute Gasteiger partial charge is 0.496 e. The van der Waals surface area contributed by atoms with E-state index in [9.17, 15) is 15.2 Å². The van der Waals surface area contributed by atoms with Crippen molar-refractivity contribution < 1.29 is 14.8 Å². The zero-order valence-electron chi connectivity index (χ0n) is 13.0. The maximum atomic E-state index is 10.8. The molecule has 0 fully saturated rings. The molecule has 6 nitrogen and oxygen atoms in total. The fourth-order valence-corrected chi connectivity index (χ4v) is 2.13. The summed E-state index contributed by atoms with van der Waals surface area (Å²) in [5, 5.41) is 23.9. The number of rotatable bonds is 7. The number of aliphatic hydroxyl groups excluding tert-OH is 1. The summed E-state index contributed by atoms with van der Waals surface area (Å²) in [4.78, 5) is 10.4. The number of nitro groups is 1. The summed E-state index contributed by atoms with van der Waals surface area (Å²) in [5.41, 5.74) is 0.820. The summed E-state index contributed by atoms with van der Waals surface area (Å²) in [5.74, 6) is 0.455. The second-order valence-electron chi connectivity index (χ2n) is 6.35. The Kier molecular flexibility index (Phi) is 6.11. The highest BCUT2D eigenvalue weighted by molar-refractivity contribution is 5.42. The van der Waals surface area contributed by atoms with Gasteiger partial charge in [0.2, 0.25) is 0 Å². The predicted octanol–water partition coefficient (Wildman–Crippen LogP) is 2.49. The first kappa shape index (κ1) is 17.4. The molecule has 6 heteroatoms. The quantitative estimate of drug-likeness (QED) is 0.596. The van der Waals surface area contributed by atoms with Gasteiger partial charge >= 0.3 is 0 Å². The van der Waals surface area contributed by atoms with Crippen molar-refractivity contribution in [1.82, 2.24) is 5.32 Å². The monoisotopic (exact) mass is 296 g/mol. The summed E-state index contributed by atoms with van der Waals surface area (Å²) < 4.78 is 5.06. The van der Waals surface area contributed by atoms with Gasteiger partial charge in [0.05, 0.1) is 24.2 Å². The number of hydrogen-bond donors (Lipinski definition) is 2. The Morgan fingerprint density at radius 1 is 1.38 bits per heavy atom. The Labute approximate surface area is 125 Å². The van der Waals surface area contributed by atoms with Crippen molar-refractivity contribution in [3.05, 3.63) is 33.9 Å². The molecule has 1 rings (SSSR count). The van der Waals surface area contributed by atoms with Gasteiger partial charge in [-0.25, -0.2) is 0 Å². The zero-order chi connectivity index (χ0) is 16.0. The van der Waals surface area contributed by atoms with Gasteiger partial charge in [0.25, 0.3) is 5.69 Å². The highest BCUT2D eigenvalue weighted by Crippen LogP contribution is 2.23. The Morgan fingerprint density at radius 3 is 2.57 bits per heavy atom. The van der Waals surface area contributed by atoms with Crippen LogP contribution in [0.25, 0.3) is 0 Å². The molecule has 1 unspecified atom stereocenters. The molecule has 21 heavy (non-hydrogen) atoms. The summed E-state index contributed by atoms with van der Waals surface area (Å²) in [6, 6.07) is 4.64. The van der Waals surface area contributed by atoms with Crippen molar-refractivity contribution in [3.8, 4) is 5.75 Å². The first-order valence-electron chi connectivity index (χ1n) is 6.92. The average Bonchev–Trinajstić information content (AvgIpc) is 2.36. The van der Waals surface area contributed by atoms with Crippen LogP contribution in [0.15, 0.2) is 18.2 Å². The first-order chi connectivity index (χ1) is 9.71. The molecule has 2 N–H and O–H groups in total. The minimum atomic E-state index is -0.444. The van der Waals surface area contributed by atoms with Gasteiger partial charge in [-0.2, -0.15) is 0 Å². The second kappa shape index (κ2) is 7.38. The van der Waals surface area contributed by atoms with Gasteiger partial charge in [0.1, 0.15) is 5.75 Å². The van der Waals surface area contributed by atoms with Gasteiger partial charge in [-0.1, -0.05) is 20.8 Å². The predicted molar refractivity (Wildman–Crippen MR) is 81.4 cm³/mol. The standard InChI is InChI=1S/C15H24N2O4/c1-15(2,3)8-13(18)10-16-9-11-5-12(17(19)20)7-14(6-11)21-4/h5-7,13,16,18H,8-10H2,1-4H3. The molecule has 0 aliphatic rings. The van der Waals surface area contributed by atoms with Crippen molar-refractivity contribution in [2.45, 2.75) is 39.8 Å². The van der Waals surface area contributed by atoms with Crippen molar-refractivity contribution in [2.24, 2.45) is 5.41 Å². The van der Waals surface area contributed by atoms with Crippen molar-refractivity contribution in [2.75, 3.05) is 13.7 Å². The molecule has 118 valence electrons. The van der Waals surface area contributed by atoms with E-state index in [4.69, 9.17) is 4.74 Å². The lowest BCUT2D eigenvalue weighted by molar-refractivity contribution is -0.385. The molecule has 0 saturated heterocycles. The topological polar surface area (TPSA) is 84.6 Å². The van der Waals surface area contributed by atoms with Crippen LogP contribution in [0.4, 0.5) is 5.69 Å². The fraction of sp³-hybridized carbons (Fsp3) is 0.600. The van der Waals surface area contributed by atoms with E-state index >= 15 is 0 Å². The van der Waals surface area contributed by atoms with E-state index < -0.39 is 11.0 Å². The summed E-state index contributed by atoms with van der Waals surface area (Å²) >= 11 is 0. The number of benzene rings is 1. The van der Waals surface area contributed by atoms with Gasteiger partial charge < -0.3 is 15.2 Å². The van der Waals surface area contributed by atoms with Crippen molar-refractivity contribution in [1.29, 1.82) is 0 Å². The van der Waals surface area contributed by atoms with E-state index in [2.05, 4.69) is 26.1 Å².